The minimum absolute atomic E-state index is 0.00918. The largest absolute Gasteiger partial charge is 0.508 e. The van der Waals surface area contributed by atoms with E-state index in [-0.39, 0.29) is 21.3 Å². The van der Waals surface area contributed by atoms with Crippen molar-refractivity contribution in [2.75, 3.05) is 0 Å². The van der Waals surface area contributed by atoms with E-state index in [1.54, 1.807) is 48.5 Å². The molecule has 0 bridgehead atoms. The van der Waals surface area contributed by atoms with Gasteiger partial charge in [0.15, 0.2) is 0 Å². The lowest BCUT2D eigenvalue weighted by atomic mass is 9.94. The van der Waals surface area contributed by atoms with Crippen LogP contribution in [0.3, 0.4) is 0 Å². The van der Waals surface area contributed by atoms with E-state index >= 15 is 0 Å². The molecule has 0 aromatic heterocycles. The van der Waals surface area contributed by atoms with Crippen molar-refractivity contribution in [1.82, 2.24) is 0 Å². The molecule has 0 amide bonds. The van der Waals surface area contributed by atoms with Crippen molar-refractivity contribution in [2.45, 2.75) is 9.79 Å². The first-order valence-corrected chi connectivity index (χ1v) is 10.5. The van der Waals surface area contributed by atoms with E-state index in [1.807, 2.05) is 24.3 Å². The van der Waals surface area contributed by atoms with Crippen LogP contribution in [0.15, 0.2) is 107 Å². The van der Waals surface area contributed by atoms with Crippen LogP contribution in [0.2, 0.25) is 0 Å². The van der Waals surface area contributed by atoms with Crippen LogP contribution in [-0.2, 0) is 9.84 Å². The van der Waals surface area contributed by atoms with Gasteiger partial charge in [0.25, 0.3) is 0 Å². The fourth-order valence-corrected chi connectivity index (χ4v) is 4.76. The molecule has 0 heterocycles. The van der Waals surface area contributed by atoms with Crippen LogP contribution in [0, 0.1) is 0 Å². The summed E-state index contributed by atoms with van der Waals surface area (Å²) in [4.78, 5) is 0.307. The maximum absolute atomic E-state index is 13.3. The molecule has 4 nitrogen and oxygen atoms in total. The van der Waals surface area contributed by atoms with Gasteiger partial charge in [0.1, 0.15) is 11.5 Å². The van der Waals surface area contributed by atoms with Crippen molar-refractivity contribution < 1.29 is 18.6 Å². The van der Waals surface area contributed by atoms with Crippen molar-refractivity contribution in [3.63, 3.8) is 0 Å². The van der Waals surface area contributed by atoms with Gasteiger partial charge in [-0.15, -0.1) is 0 Å². The van der Waals surface area contributed by atoms with Crippen LogP contribution in [0.4, 0.5) is 0 Å². The zero-order valence-electron chi connectivity index (χ0n) is 15.4. The molecule has 0 aliphatic rings. The first kappa shape index (κ1) is 18.8. The van der Waals surface area contributed by atoms with E-state index in [9.17, 15) is 18.6 Å². The number of hydrogen-bond donors (Lipinski definition) is 2. The Kier molecular flexibility index (Phi) is 4.82. The second kappa shape index (κ2) is 7.45. The maximum atomic E-state index is 13.3. The van der Waals surface area contributed by atoms with Gasteiger partial charge in [-0.25, -0.2) is 8.42 Å². The first-order chi connectivity index (χ1) is 14.0. The Morgan fingerprint density at radius 3 is 1.62 bits per heavy atom. The molecule has 0 saturated heterocycles. The summed E-state index contributed by atoms with van der Waals surface area (Å²) in [5.74, 6) is 0.177. The molecule has 0 aliphatic carbocycles. The molecular weight excluding hydrogens is 384 g/mol. The standard InChI is InChI=1S/C24H18O4S/c25-18-11-9-17(10-12-18)21-5-1-2-6-22(21)23-7-3-4-8-24(23)29(27,28)20-15-13-19(26)14-16-20/h1-16,25-26H. The minimum Gasteiger partial charge on any atom is -0.508 e. The van der Waals surface area contributed by atoms with E-state index < -0.39 is 9.84 Å². The van der Waals surface area contributed by atoms with E-state index in [4.69, 9.17) is 0 Å². The highest BCUT2D eigenvalue weighted by Crippen LogP contribution is 2.37. The number of hydrogen-bond acceptors (Lipinski definition) is 4. The number of aromatic hydroxyl groups is 2. The molecule has 4 aromatic carbocycles. The number of phenols is 2. The fraction of sp³-hybridized carbons (Fsp3) is 0. The van der Waals surface area contributed by atoms with Crippen molar-refractivity contribution >= 4 is 9.84 Å². The molecule has 5 heteroatoms. The SMILES string of the molecule is O=S(=O)(c1ccc(O)cc1)c1ccccc1-c1ccccc1-c1ccc(O)cc1. The Bertz CT molecular complexity index is 1260. The third kappa shape index (κ3) is 3.60. The highest BCUT2D eigenvalue weighted by molar-refractivity contribution is 7.91. The number of benzene rings is 4. The second-order valence-electron chi connectivity index (χ2n) is 6.59. The molecule has 0 saturated carbocycles. The smallest absolute Gasteiger partial charge is 0.207 e. The highest BCUT2D eigenvalue weighted by atomic mass is 32.2. The average molecular weight is 402 g/mol. The number of rotatable bonds is 4. The van der Waals surface area contributed by atoms with E-state index in [0.717, 1.165) is 16.7 Å². The van der Waals surface area contributed by atoms with Crippen LogP contribution >= 0.6 is 0 Å². The van der Waals surface area contributed by atoms with Crippen molar-refractivity contribution in [3.05, 3.63) is 97.1 Å². The Morgan fingerprint density at radius 2 is 1.00 bits per heavy atom. The Balaban J connectivity index is 1.91. The zero-order valence-corrected chi connectivity index (χ0v) is 16.2. The quantitative estimate of drug-likeness (QED) is 0.488. The monoisotopic (exact) mass is 402 g/mol. The summed E-state index contributed by atoms with van der Waals surface area (Å²) < 4.78 is 26.6. The summed E-state index contributed by atoms with van der Waals surface area (Å²) in [5.41, 5.74) is 3.09. The van der Waals surface area contributed by atoms with Gasteiger partial charge in [0.05, 0.1) is 9.79 Å². The van der Waals surface area contributed by atoms with Crippen LogP contribution < -0.4 is 0 Å². The van der Waals surface area contributed by atoms with E-state index in [1.165, 1.54) is 24.3 Å². The molecule has 2 N–H and O–H groups in total. The molecule has 0 fully saturated rings. The van der Waals surface area contributed by atoms with Gasteiger partial charge < -0.3 is 10.2 Å². The van der Waals surface area contributed by atoms with Crippen LogP contribution in [0.1, 0.15) is 0 Å². The second-order valence-corrected chi connectivity index (χ2v) is 8.50. The van der Waals surface area contributed by atoms with Gasteiger partial charge in [0, 0.05) is 5.56 Å². The predicted octanol–water partition coefficient (Wildman–Crippen LogP) is 5.26. The Morgan fingerprint density at radius 1 is 0.517 bits per heavy atom. The van der Waals surface area contributed by atoms with Gasteiger partial charge in [-0.3, -0.25) is 0 Å². The van der Waals surface area contributed by atoms with Gasteiger partial charge >= 0.3 is 0 Å². The van der Waals surface area contributed by atoms with E-state index in [2.05, 4.69) is 0 Å². The lowest BCUT2D eigenvalue weighted by Crippen LogP contribution is -2.04. The lowest BCUT2D eigenvalue weighted by molar-refractivity contribution is 0.474. The van der Waals surface area contributed by atoms with E-state index in [0.29, 0.717) is 5.56 Å². The summed E-state index contributed by atoms with van der Waals surface area (Å²) in [6.45, 7) is 0. The maximum Gasteiger partial charge on any atom is 0.207 e. The van der Waals surface area contributed by atoms with Crippen LogP contribution in [-0.4, -0.2) is 18.6 Å². The van der Waals surface area contributed by atoms with Crippen LogP contribution in [0.25, 0.3) is 22.3 Å². The summed E-state index contributed by atoms with van der Waals surface area (Å²) >= 11 is 0. The molecule has 29 heavy (non-hydrogen) atoms. The molecule has 0 radical (unpaired) electrons. The predicted molar refractivity (Wildman–Crippen MR) is 113 cm³/mol. The number of phenolic OH excluding ortho intramolecular Hbond substituents is 2. The fourth-order valence-electron chi connectivity index (χ4n) is 3.29. The van der Waals surface area contributed by atoms with Gasteiger partial charge in [-0.05, 0) is 59.2 Å². The van der Waals surface area contributed by atoms with Gasteiger partial charge in [-0.1, -0.05) is 54.6 Å². The molecule has 4 aromatic rings. The van der Waals surface area contributed by atoms with Gasteiger partial charge in [0.2, 0.25) is 9.84 Å². The summed E-state index contributed by atoms with van der Waals surface area (Å²) in [6.07, 6.45) is 0. The summed E-state index contributed by atoms with van der Waals surface area (Å²) in [7, 11) is -3.79. The summed E-state index contributed by atoms with van der Waals surface area (Å²) in [6, 6.07) is 26.7. The van der Waals surface area contributed by atoms with Crippen molar-refractivity contribution in [1.29, 1.82) is 0 Å². The number of sulfone groups is 1. The van der Waals surface area contributed by atoms with Gasteiger partial charge in [-0.2, -0.15) is 0 Å². The molecule has 0 unspecified atom stereocenters. The third-order valence-corrected chi connectivity index (χ3v) is 6.55. The highest BCUT2D eigenvalue weighted by Gasteiger charge is 2.23. The van der Waals surface area contributed by atoms with Crippen molar-refractivity contribution in [2.24, 2.45) is 0 Å². The molecule has 0 aliphatic heterocycles. The van der Waals surface area contributed by atoms with Crippen LogP contribution in [0.5, 0.6) is 11.5 Å². The molecule has 4 rings (SSSR count). The Hall–Kier alpha value is -3.57. The summed E-state index contributed by atoms with van der Waals surface area (Å²) in [5, 5.41) is 19.1. The zero-order chi connectivity index (χ0) is 20.4. The average Bonchev–Trinajstić information content (AvgIpc) is 2.75. The first-order valence-electron chi connectivity index (χ1n) is 8.99. The molecule has 0 atom stereocenters. The van der Waals surface area contributed by atoms with Crippen molar-refractivity contribution in [3.8, 4) is 33.8 Å². The minimum atomic E-state index is -3.79. The lowest BCUT2D eigenvalue weighted by Gasteiger charge is -2.15. The topological polar surface area (TPSA) is 74.6 Å². The molecule has 0 spiro atoms. The molecule has 144 valence electrons. The Labute approximate surface area is 169 Å². The third-order valence-electron chi connectivity index (χ3n) is 4.72. The normalized spacial score (nSPS) is 11.3. The molecular formula is C24H18O4S.